The molecule has 0 aromatic carbocycles. The Morgan fingerprint density at radius 2 is 2.18 bits per heavy atom. The van der Waals surface area contributed by atoms with E-state index in [2.05, 4.69) is 10.6 Å². The Morgan fingerprint density at radius 1 is 1.41 bits per heavy atom. The normalized spacial score (nSPS) is 23.6. The van der Waals surface area contributed by atoms with Crippen LogP contribution in [0.25, 0.3) is 0 Å². The fourth-order valence-electron chi connectivity index (χ4n) is 1.71. The first-order valence-corrected chi connectivity index (χ1v) is 5.99. The van der Waals surface area contributed by atoms with Gasteiger partial charge in [-0.3, -0.25) is 4.79 Å². The van der Waals surface area contributed by atoms with Crippen LogP contribution < -0.4 is 10.6 Å². The first-order chi connectivity index (χ1) is 8.13. The highest BCUT2D eigenvalue weighted by atomic mass is 16.5. The Labute approximate surface area is 101 Å². The lowest BCUT2D eigenvalue weighted by Gasteiger charge is -2.12. The summed E-state index contributed by atoms with van der Waals surface area (Å²) in [5.41, 5.74) is 0. The van der Waals surface area contributed by atoms with Crippen molar-refractivity contribution in [2.45, 2.75) is 38.4 Å². The third-order valence-corrected chi connectivity index (χ3v) is 2.62. The number of carboxylic acid groups (broad SMARTS) is 1. The highest BCUT2D eigenvalue weighted by Crippen LogP contribution is 2.18. The monoisotopic (exact) mass is 244 g/mol. The molecule has 0 spiro atoms. The number of rotatable bonds is 7. The number of carboxylic acids is 1. The fraction of sp³-hybridized carbons (Fsp3) is 0.818. The van der Waals surface area contributed by atoms with E-state index in [0.29, 0.717) is 25.9 Å². The van der Waals surface area contributed by atoms with Crippen molar-refractivity contribution in [1.29, 1.82) is 0 Å². The van der Waals surface area contributed by atoms with E-state index < -0.39 is 12.1 Å². The lowest BCUT2D eigenvalue weighted by Crippen LogP contribution is -2.38. The zero-order valence-corrected chi connectivity index (χ0v) is 10.1. The molecule has 2 atom stereocenters. The summed E-state index contributed by atoms with van der Waals surface area (Å²) in [6.45, 7) is 3.52. The van der Waals surface area contributed by atoms with Gasteiger partial charge in [0.1, 0.15) is 0 Å². The van der Waals surface area contributed by atoms with Gasteiger partial charge in [0.2, 0.25) is 5.91 Å². The minimum atomic E-state index is -0.927. The van der Waals surface area contributed by atoms with Crippen LogP contribution in [-0.4, -0.2) is 48.8 Å². The van der Waals surface area contributed by atoms with Crippen LogP contribution in [0.15, 0.2) is 0 Å². The predicted octanol–water partition coefficient (Wildman–Crippen LogP) is -0.266. The van der Waals surface area contributed by atoms with Crippen molar-refractivity contribution >= 4 is 11.9 Å². The summed E-state index contributed by atoms with van der Waals surface area (Å²) in [6.07, 6.45) is 1.30. The van der Waals surface area contributed by atoms with Crippen molar-refractivity contribution in [2.75, 3.05) is 19.6 Å². The van der Waals surface area contributed by atoms with Gasteiger partial charge in [-0.25, -0.2) is 4.79 Å². The SMILES string of the molecule is CCCNCC(=O)NCC1CCC(C(=O)O)O1. The Balaban J connectivity index is 2.11. The Bertz CT molecular complexity index is 270. The maximum absolute atomic E-state index is 11.3. The molecule has 1 fully saturated rings. The van der Waals surface area contributed by atoms with E-state index in [9.17, 15) is 9.59 Å². The second-order valence-electron chi connectivity index (χ2n) is 4.14. The van der Waals surface area contributed by atoms with Crippen molar-refractivity contribution < 1.29 is 19.4 Å². The van der Waals surface area contributed by atoms with E-state index in [1.807, 2.05) is 6.92 Å². The summed E-state index contributed by atoms with van der Waals surface area (Å²) in [6, 6.07) is 0. The summed E-state index contributed by atoms with van der Waals surface area (Å²) in [5, 5.41) is 14.4. The van der Waals surface area contributed by atoms with Gasteiger partial charge in [0.15, 0.2) is 6.10 Å². The predicted molar refractivity (Wildman–Crippen MR) is 61.7 cm³/mol. The average Bonchev–Trinajstić information content (AvgIpc) is 2.75. The first-order valence-electron chi connectivity index (χ1n) is 5.99. The van der Waals surface area contributed by atoms with Crippen LogP contribution in [0.4, 0.5) is 0 Å². The van der Waals surface area contributed by atoms with Gasteiger partial charge in [-0.2, -0.15) is 0 Å². The molecule has 1 aliphatic heterocycles. The van der Waals surface area contributed by atoms with Gasteiger partial charge in [-0.15, -0.1) is 0 Å². The first kappa shape index (κ1) is 13.9. The number of ether oxygens (including phenoxy) is 1. The number of hydrogen-bond donors (Lipinski definition) is 3. The quantitative estimate of drug-likeness (QED) is 0.537. The number of hydrogen-bond acceptors (Lipinski definition) is 4. The minimum Gasteiger partial charge on any atom is -0.479 e. The van der Waals surface area contributed by atoms with Crippen molar-refractivity contribution in [3.8, 4) is 0 Å². The van der Waals surface area contributed by atoms with Crippen molar-refractivity contribution in [2.24, 2.45) is 0 Å². The molecule has 17 heavy (non-hydrogen) atoms. The van der Waals surface area contributed by atoms with Crippen molar-refractivity contribution in [3.05, 3.63) is 0 Å². The molecule has 1 rings (SSSR count). The molecule has 0 bridgehead atoms. The van der Waals surface area contributed by atoms with Gasteiger partial charge in [0, 0.05) is 6.54 Å². The van der Waals surface area contributed by atoms with E-state index >= 15 is 0 Å². The van der Waals surface area contributed by atoms with E-state index in [0.717, 1.165) is 13.0 Å². The molecule has 1 heterocycles. The van der Waals surface area contributed by atoms with E-state index in [-0.39, 0.29) is 12.0 Å². The van der Waals surface area contributed by atoms with Crippen LogP contribution in [0.3, 0.4) is 0 Å². The second-order valence-corrected chi connectivity index (χ2v) is 4.14. The number of carbonyl (C=O) groups is 2. The maximum Gasteiger partial charge on any atom is 0.332 e. The lowest BCUT2D eigenvalue weighted by molar-refractivity contribution is -0.149. The zero-order valence-electron chi connectivity index (χ0n) is 10.1. The van der Waals surface area contributed by atoms with Gasteiger partial charge in [0.05, 0.1) is 12.6 Å². The number of amides is 1. The average molecular weight is 244 g/mol. The molecule has 6 nitrogen and oxygen atoms in total. The molecule has 1 saturated heterocycles. The van der Waals surface area contributed by atoms with E-state index in [4.69, 9.17) is 9.84 Å². The number of nitrogens with one attached hydrogen (secondary N) is 2. The molecule has 6 heteroatoms. The fourth-order valence-corrected chi connectivity index (χ4v) is 1.71. The highest BCUT2D eigenvalue weighted by molar-refractivity contribution is 5.78. The van der Waals surface area contributed by atoms with Gasteiger partial charge in [0.25, 0.3) is 0 Å². The molecule has 0 saturated carbocycles. The van der Waals surface area contributed by atoms with Crippen LogP contribution >= 0.6 is 0 Å². The van der Waals surface area contributed by atoms with Crippen LogP contribution in [0.1, 0.15) is 26.2 Å². The molecule has 1 aliphatic rings. The third-order valence-electron chi connectivity index (χ3n) is 2.62. The molecule has 98 valence electrons. The third kappa shape index (κ3) is 5.14. The largest absolute Gasteiger partial charge is 0.479 e. The summed E-state index contributed by atoms with van der Waals surface area (Å²) < 4.78 is 5.26. The number of aliphatic carboxylic acids is 1. The second kappa shape index (κ2) is 7.24. The molecule has 0 aliphatic carbocycles. The number of carbonyl (C=O) groups excluding carboxylic acids is 1. The Kier molecular flexibility index (Phi) is 5.93. The summed E-state index contributed by atoms with van der Waals surface area (Å²) >= 11 is 0. The van der Waals surface area contributed by atoms with Gasteiger partial charge < -0.3 is 20.5 Å². The van der Waals surface area contributed by atoms with Gasteiger partial charge >= 0.3 is 5.97 Å². The molecule has 0 aromatic rings. The minimum absolute atomic E-state index is 0.0826. The van der Waals surface area contributed by atoms with Crippen LogP contribution in [0, 0.1) is 0 Å². The molecular weight excluding hydrogens is 224 g/mol. The van der Waals surface area contributed by atoms with Crippen molar-refractivity contribution in [1.82, 2.24) is 10.6 Å². The molecule has 0 aromatic heterocycles. The Morgan fingerprint density at radius 3 is 2.76 bits per heavy atom. The van der Waals surface area contributed by atoms with Crippen LogP contribution in [0.2, 0.25) is 0 Å². The van der Waals surface area contributed by atoms with Crippen LogP contribution in [0.5, 0.6) is 0 Å². The van der Waals surface area contributed by atoms with E-state index in [1.165, 1.54) is 0 Å². The highest BCUT2D eigenvalue weighted by Gasteiger charge is 2.30. The maximum atomic E-state index is 11.3. The standard InChI is InChI=1S/C11H20N2O4/c1-2-5-12-7-10(14)13-6-8-3-4-9(17-8)11(15)16/h8-9,12H,2-7H2,1H3,(H,13,14)(H,15,16). The smallest absolute Gasteiger partial charge is 0.332 e. The molecular formula is C11H20N2O4. The van der Waals surface area contributed by atoms with Gasteiger partial charge in [-0.1, -0.05) is 6.92 Å². The Hall–Kier alpha value is -1.14. The molecule has 2 unspecified atom stereocenters. The summed E-state index contributed by atoms with van der Waals surface area (Å²) in [4.78, 5) is 22.0. The lowest BCUT2D eigenvalue weighted by atomic mass is 10.2. The summed E-state index contributed by atoms with van der Waals surface area (Å²) in [5.74, 6) is -1.01. The topological polar surface area (TPSA) is 87.7 Å². The molecule has 0 radical (unpaired) electrons. The molecule has 1 amide bonds. The zero-order chi connectivity index (χ0) is 12.7. The van der Waals surface area contributed by atoms with Gasteiger partial charge in [-0.05, 0) is 25.8 Å². The van der Waals surface area contributed by atoms with Crippen LogP contribution in [-0.2, 0) is 14.3 Å². The van der Waals surface area contributed by atoms with Crippen molar-refractivity contribution in [3.63, 3.8) is 0 Å². The summed E-state index contributed by atoms with van der Waals surface area (Å²) in [7, 11) is 0. The molecule has 3 N–H and O–H groups in total. The van der Waals surface area contributed by atoms with E-state index in [1.54, 1.807) is 0 Å².